The summed E-state index contributed by atoms with van der Waals surface area (Å²) in [4.78, 5) is 11.4. The Bertz CT molecular complexity index is 442. The quantitative estimate of drug-likeness (QED) is 0.806. The molecule has 1 aromatic carbocycles. The van der Waals surface area contributed by atoms with Crippen LogP contribution in [0.15, 0.2) is 12.1 Å². The first-order valence-electron chi connectivity index (χ1n) is 6.02. The second-order valence-corrected chi connectivity index (χ2v) is 4.26. The van der Waals surface area contributed by atoms with Gasteiger partial charge in [-0.15, -0.1) is 12.4 Å². The van der Waals surface area contributed by atoms with Crippen molar-refractivity contribution in [3.8, 4) is 11.5 Å². The number of hydrogen-bond donors (Lipinski definition) is 2. The maximum atomic E-state index is 11.4. The molecule has 0 aliphatic heterocycles. The number of carbonyl (C=O) groups excluding carboxylic acids is 1. The van der Waals surface area contributed by atoms with Crippen molar-refractivity contribution < 1.29 is 14.3 Å². The van der Waals surface area contributed by atoms with Crippen molar-refractivity contribution in [1.29, 1.82) is 0 Å². The van der Waals surface area contributed by atoms with Crippen LogP contribution in [0.3, 0.4) is 0 Å². The molecule has 0 aliphatic carbocycles. The van der Waals surface area contributed by atoms with E-state index in [0.29, 0.717) is 29.7 Å². The van der Waals surface area contributed by atoms with Crippen LogP contribution in [-0.4, -0.2) is 33.2 Å². The summed E-state index contributed by atoms with van der Waals surface area (Å²) in [5.74, 6) is 1.01. The largest absolute Gasteiger partial charge is 0.493 e. The number of halogens is 2. The predicted octanol–water partition coefficient (Wildman–Crippen LogP) is 2.00. The molecule has 0 heterocycles. The van der Waals surface area contributed by atoms with Crippen LogP contribution in [0.25, 0.3) is 0 Å². The van der Waals surface area contributed by atoms with Gasteiger partial charge in [0.05, 0.1) is 25.3 Å². The molecular formula is C13H20Cl2N2O3. The van der Waals surface area contributed by atoms with Crippen LogP contribution in [0.5, 0.6) is 11.5 Å². The van der Waals surface area contributed by atoms with Gasteiger partial charge in [-0.3, -0.25) is 4.79 Å². The van der Waals surface area contributed by atoms with E-state index < -0.39 is 0 Å². The fourth-order valence-electron chi connectivity index (χ4n) is 1.58. The first-order chi connectivity index (χ1) is 9.12. The van der Waals surface area contributed by atoms with Gasteiger partial charge in [0.25, 0.3) is 0 Å². The molecule has 0 atom stereocenters. The third-order valence-electron chi connectivity index (χ3n) is 2.40. The molecule has 1 rings (SSSR count). The van der Waals surface area contributed by atoms with Gasteiger partial charge in [-0.25, -0.2) is 0 Å². The van der Waals surface area contributed by atoms with Crippen molar-refractivity contribution in [2.75, 3.05) is 27.3 Å². The van der Waals surface area contributed by atoms with Crippen LogP contribution < -0.4 is 20.1 Å². The molecule has 5 nitrogen and oxygen atoms in total. The Morgan fingerprint density at radius 1 is 1.40 bits per heavy atom. The lowest BCUT2D eigenvalue weighted by Crippen LogP contribution is -2.31. The highest BCUT2D eigenvalue weighted by molar-refractivity contribution is 6.32. The Morgan fingerprint density at radius 3 is 2.65 bits per heavy atom. The van der Waals surface area contributed by atoms with E-state index in [0.717, 1.165) is 5.56 Å². The minimum atomic E-state index is -0.0773. The van der Waals surface area contributed by atoms with Crippen LogP contribution in [0.1, 0.15) is 12.5 Å². The summed E-state index contributed by atoms with van der Waals surface area (Å²) in [6.45, 7) is 3.06. The molecule has 1 amide bonds. The van der Waals surface area contributed by atoms with Gasteiger partial charge in [0, 0.05) is 6.54 Å². The molecule has 0 spiro atoms. The van der Waals surface area contributed by atoms with Gasteiger partial charge in [0.1, 0.15) is 0 Å². The van der Waals surface area contributed by atoms with E-state index in [4.69, 9.17) is 21.1 Å². The van der Waals surface area contributed by atoms with Gasteiger partial charge >= 0.3 is 0 Å². The number of rotatable bonds is 7. The number of carbonyl (C=O) groups is 1. The second-order valence-electron chi connectivity index (χ2n) is 3.85. The molecule has 0 bridgehead atoms. The molecule has 2 N–H and O–H groups in total. The molecule has 0 aromatic heterocycles. The molecule has 0 unspecified atom stereocenters. The highest BCUT2D eigenvalue weighted by Gasteiger charge is 2.12. The SMILES string of the molecule is CCOc1c(Cl)cc(CNC(=O)CNC)cc1OC.Cl. The van der Waals surface area contributed by atoms with E-state index in [1.807, 2.05) is 6.92 Å². The lowest BCUT2D eigenvalue weighted by atomic mass is 10.2. The van der Waals surface area contributed by atoms with Crippen molar-refractivity contribution in [3.63, 3.8) is 0 Å². The first-order valence-corrected chi connectivity index (χ1v) is 6.40. The van der Waals surface area contributed by atoms with Crippen LogP contribution in [0.2, 0.25) is 5.02 Å². The number of methoxy groups -OCH3 is 1. The van der Waals surface area contributed by atoms with Crippen molar-refractivity contribution in [2.45, 2.75) is 13.5 Å². The number of nitrogens with one attached hydrogen (secondary N) is 2. The number of likely N-dealkylation sites (N-methyl/N-ethyl adjacent to an activating group) is 1. The third kappa shape index (κ3) is 5.45. The first kappa shape index (κ1) is 18.8. The van der Waals surface area contributed by atoms with E-state index in [2.05, 4.69) is 10.6 Å². The molecule has 20 heavy (non-hydrogen) atoms. The highest BCUT2D eigenvalue weighted by atomic mass is 35.5. The monoisotopic (exact) mass is 322 g/mol. The minimum absolute atomic E-state index is 0. The van der Waals surface area contributed by atoms with Crippen molar-refractivity contribution in [3.05, 3.63) is 22.7 Å². The summed E-state index contributed by atoms with van der Waals surface area (Å²) in [6.07, 6.45) is 0. The molecule has 0 saturated carbocycles. The summed E-state index contributed by atoms with van der Waals surface area (Å²) in [5.41, 5.74) is 0.856. The zero-order valence-electron chi connectivity index (χ0n) is 11.8. The number of hydrogen-bond acceptors (Lipinski definition) is 4. The summed E-state index contributed by atoms with van der Waals surface area (Å²) in [7, 11) is 3.27. The summed E-state index contributed by atoms with van der Waals surface area (Å²) >= 11 is 6.14. The zero-order chi connectivity index (χ0) is 14.3. The zero-order valence-corrected chi connectivity index (χ0v) is 13.4. The van der Waals surface area contributed by atoms with Gasteiger partial charge in [-0.2, -0.15) is 0 Å². The molecule has 0 fully saturated rings. The fraction of sp³-hybridized carbons (Fsp3) is 0.462. The van der Waals surface area contributed by atoms with Crippen LogP contribution >= 0.6 is 24.0 Å². The van der Waals surface area contributed by atoms with E-state index >= 15 is 0 Å². The number of ether oxygens (including phenoxy) is 2. The topological polar surface area (TPSA) is 59.6 Å². The molecule has 7 heteroatoms. The Labute approximate surface area is 130 Å². The van der Waals surface area contributed by atoms with Gasteiger partial charge in [-0.1, -0.05) is 11.6 Å². The predicted molar refractivity (Wildman–Crippen MR) is 82.2 cm³/mol. The van der Waals surface area contributed by atoms with Crippen molar-refractivity contribution >= 4 is 29.9 Å². The van der Waals surface area contributed by atoms with Gasteiger partial charge in [0.2, 0.25) is 5.91 Å². The number of benzene rings is 1. The molecule has 0 radical (unpaired) electrons. The lowest BCUT2D eigenvalue weighted by Gasteiger charge is -2.13. The Morgan fingerprint density at radius 2 is 2.10 bits per heavy atom. The van der Waals surface area contributed by atoms with E-state index in [1.165, 1.54) is 0 Å². The highest BCUT2D eigenvalue weighted by Crippen LogP contribution is 2.36. The Hall–Kier alpha value is -1.17. The average Bonchev–Trinajstić information content (AvgIpc) is 2.39. The maximum absolute atomic E-state index is 11.4. The van der Waals surface area contributed by atoms with E-state index in [1.54, 1.807) is 26.3 Å². The fourth-order valence-corrected chi connectivity index (χ4v) is 1.87. The van der Waals surface area contributed by atoms with E-state index in [9.17, 15) is 4.79 Å². The maximum Gasteiger partial charge on any atom is 0.234 e. The van der Waals surface area contributed by atoms with Gasteiger partial charge < -0.3 is 20.1 Å². The van der Waals surface area contributed by atoms with Gasteiger partial charge in [-0.05, 0) is 31.7 Å². The second kappa shape index (κ2) is 9.69. The normalized spacial score (nSPS) is 9.60. The molecule has 1 aromatic rings. The smallest absolute Gasteiger partial charge is 0.234 e. The van der Waals surface area contributed by atoms with Crippen LogP contribution in [0.4, 0.5) is 0 Å². The minimum Gasteiger partial charge on any atom is -0.493 e. The van der Waals surface area contributed by atoms with Crippen LogP contribution in [0, 0.1) is 0 Å². The summed E-state index contributed by atoms with van der Waals surface area (Å²) < 4.78 is 10.7. The van der Waals surface area contributed by atoms with Gasteiger partial charge in [0.15, 0.2) is 11.5 Å². The molecule has 0 aliphatic rings. The van der Waals surface area contributed by atoms with Crippen LogP contribution in [-0.2, 0) is 11.3 Å². The average molecular weight is 323 g/mol. The Kier molecular flexibility index (Phi) is 9.12. The standard InChI is InChI=1S/C13H19ClN2O3.ClH/c1-4-19-13-10(14)5-9(6-11(13)18-3)7-16-12(17)8-15-2;/h5-6,15H,4,7-8H2,1-3H3,(H,16,17);1H. The number of amides is 1. The molecule has 114 valence electrons. The van der Waals surface area contributed by atoms with E-state index in [-0.39, 0.29) is 24.9 Å². The molecule has 0 saturated heterocycles. The van der Waals surface area contributed by atoms with Crippen molar-refractivity contribution in [1.82, 2.24) is 10.6 Å². The van der Waals surface area contributed by atoms with Crippen molar-refractivity contribution in [2.24, 2.45) is 0 Å². The third-order valence-corrected chi connectivity index (χ3v) is 2.69. The Balaban J connectivity index is 0.00000361. The lowest BCUT2D eigenvalue weighted by molar-refractivity contribution is -0.120. The molecular weight excluding hydrogens is 303 g/mol. The summed E-state index contributed by atoms with van der Waals surface area (Å²) in [5, 5.41) is 6.03. The summed E-state index contributed by atoms with van der Waals surface area (Å²) in [6, 6.07) is 3.56.